The van der Waals surface area contributed by atoms with Crippen molar-refractivity contribution < 1.29 is 9.90 Å². The van der Waals surface area contributed by atoms with Crippen molar-refractivity contribution in [2.45, 2.75) is 57.8 Å². The van der Waals surface area contributed by atoms with E-state index in [0.717, 1.165) is 18.9 Å². The smallest absolute Gasteiger partial charge is 0.303 e. The first-order chi connectivity index (χ1) is 8.74. The quantitative estimate of drug-likeness (QED) is 0.790. The molecule has 0 radical (unpaired) electrons. The Morgan fingerprint density at radius 1 is 1.06 bits per heavy atom. The molecule has 0 aromatic rings. The van der Waals surface area contributed by atoms with E-state index in [4.69, 9.17) is 5.11 Å². The van der Waals surface area contributed by atoms with Gasteiger partial charge in [-0.05, 0) is 44.2 Å². The number of hydrogen-bond donors (Lipinski definition) is 1. The zero-order chi connectivity index (χ0) is 12.8. The van der Waals surface area contributed by atoms with Gasteiger partial charge in [-0.2, -0.15) is 0 Å². The van der Waals surface area contributed by atoms with E-state index in [-0.39, 0.29) is 0 Å². The molecule has 104 valence electrons. The summed E-state index contributed by atoms with van der Waals surface area (Å²) in [5.41, 5.74) is 0. The van der Waals surface area contributed by atoms with E-state index >= 15 is 0 Å². The molecule has 1 unspecified atom stereocenters. The van der Waals surface area contributed by atoms with Gasteiger partial charge in [-0.1, -0.05) is 32.1 Å². The van der Waals surface area contributed by atoms with Crippen LogP contribution >= 0.6 is 0 Å². The van der Waals surface area contributed by atoms with Crippen molar-refractivity contribution in [2.75, 3.05) is 19.6 Å². The highest BCUT2D eigenvalue weighted by Crippen LogP contribution is 2.28. The first-order valence-corrected chi connectivity index (χ1v) is 7.68. The van der Waals surface area contributed by atoms with E-state index in [1.54, 1.807) is 0 Å². The third-order valence-electron chi connectivity index (χ3n) is 4.71. The molecule has 1 atom stereocenters. The Kier molecular flexibility index (Phi) is 5.48. The van der Waals surface area contributed by atoms with Gasteiger partial charge in [0.15, 0.2) is 0 Å². The molecule has 0 spiro atoms. The van der Waals surface area contributed by atoms with Crippen molar-refractivity contribution in [1.82, 2.24) is 4.90 Å². The zero-order valence-corrected chi connectivity index (χ0v) is 11.4. The second-order valence-electron chi connectivity index (χ2n) is 6.18. The van der Waals surface area contributed by atoms with Crippen LogP contribution in [0.2, 0.25) is 0 Å². The number of carboxylic acid groups (broad SMARTS) is 1. The van der Waals surface area contributed by atoms with Gasteiger partial charge in [-0.25, -0.2) is 0 Å². The predicted octanol–water partition coefficient (Wildman–Crippen LogP) is 3.14. The standard InChI is InChI=1S/C15H27NO2/c17-15(18)7-6-14-9-11-16(12-14)10-8-13-4-2-1-3-5-13/h13-14H,1-12H2,(H,17,18). The fraction of sp³-hybridized carbons (Fsp3) is 0.933. The van der Waals surface area contributed by atoms with Crippen molar-refractivity contribution in [1.29, 1.82) is 0 Å². The first kappa shape index (κ1) is 13.9. The second kappa shape index (κ2) is 7.13. The molecule has 0 bridgehead atoms. The molecule has 1 saturated heterocycles. The molecule has 3 nitrogen and oxygen atoms in total. The Balaban J connectivity index is 1.58. The summed E-state index contributed by atoms with van der Waals surface area (Å²) >= 11 is 0. The van der Waals surface area contributed by atoms with Crippen LogP contribution in [0.3, 0.4) is 0 Å². The number of rotatable bonds is 6. The van der Waals surface area contributed by atoms with E-state index in [1.165, 1.54) is 58.0 Å². The summed E-state index contributed by atoms with van der Waals surface area (Å²) in [6, 6.07) is 0. The number of likely N-dealkylation sites (tertiary alicyclic amines) is 1. The number of aliphatic carboxylic acids is 1. The number of nitrogens with zero attached hydrogens (tertiary/aromatic N) is 1. The van der Waals surface area contributed by atoms with E-state index in [2.05, 4.69) is 4.90 Å². The lowest BCUT2D eigenvalue weighted by molar-refractivity contribution is -0.137. The van der Waals surface area contributed by atoms with Gasteiger partial charge in [0.2, 0.25) is 0 Å². The first-order valence-electron chi connectivity index (χ1n) is 7.68. The highest BCUT2D eigenvalue weighted by molar-refractivity contribution is 5.66. The Hall–Kier alpha value is -0.570. The maximum absolute atomic E-state index is 10.6. The van der Waals surface area contributed by atoms with Gasteiger partial charge in [-0.15, -0.1) is 0 Å². The fourth-order valence-electron chi connectivity index (χ4n) is 3.52. The van der Waals surface area contributed by atoms with Crippen LogP contribution in [-0.4, -0.2) is 35.6 Å². The molecule has 2 rings (SSSR count). The average Bonchev–Trinajstić information content (AvgIpc) is 2.83. The largest absolute Gasteiger partial charge is 0.481 e. The van der Waals surface area contributed by atoms with E-state index in [0.29, 0.717) is 12.3 Å². The van der Waals surface area contributed by atoms with Crippen LogP contribution in [0.15, 0.2) is 0 Å². The van der Waals surface area contributed by atoms with E-state index < -0.39 is 5.97 Å². The maximum Gasteiger partial charge on any atom is 0.303 e. The maximum atomic E-state index is 10.6. The summed E-state index contributed by atoms with van der Waals surface area (Å²) < 4.78 is 0. The summed E-state index contributed by atoms with van der Waals surface area (Å²) in [4.78, 5) is 13.1. The van der Waals surface area contributed by atoms with Gasteiger partial charge in [0, 0.05) is 13.0 Å². The summed E-state index contributed by atoms with van der Waals surface area (Å²) in [7, 11) is 0. The van der Waals surface area contributed by atoms with Crippen LogP contribution in [0, 0.1) is 11.8 Å². The number of hydrogen-bond acceptors (Lipinski definition) is 2. The zero-order valence-electron chi connectivity index (χ0n) is 11.4. The molecule has 1 saturated carbocycles. The molecule has 0 aromatic carbocycles. The lowest BCUT2D eigenvalue weighted by Crippen LogP contribution is -2.24. The van der Waals surface area contributed by atoms with Crippen LogP contribution < -0.4 is 0 Å². The minimum absolute atomic E-state index is 0.348. The highest BCUT2D eigenvalue weighted by Gasteiger charge is 2.23. The van der Waals surface area contributed by atoms with Crippen molar-refractivity contribution in [3.8, 4) is 0 Å². The minimum atomic E-state index is -0.643. The third kappa shape index (κ3) is 4.60. The van der Waals surface area contributed by atoms with Gasteiger partial charge in [0.1, 0.15) is 0 Å². The molecule has 1 aliphatic heterocycles. The molecule has 0 amide bonds. The lowest BCUT2D eigenvalue weighted by Gasteiger charge is -2.24. The monoisotopic (exact) mass is 253 g/mol. The molecule has 1 aliphatic carbocycles. The average molecular weight is 253 g/mol. The van der Waals surface area contributed by atoms with Crippen LogP contribution in [0.5, 0.6) is 0 Å². The molecule has 1 N–H and O–H groups in total. The molecular formula is C15H27NO2. The van der Waals surface area contributed by atoms with Crippen molar-refractivity contribution in [2.24, 2.45) is 11.8 Å². The molecule has 2 fully saturated rings. The molecule has 2 aliphatic rings. The van der Waals surface area contributed by atoms with Gasteiger partial charge in [0.25, 0.3) is 0 Å². The van der Waals surface area contributed by atoms with Gasteiger partial charge in [-0.3, -0.25) is 4.79 Å². The van der Waals surface area contributed by atoms with Crippen LogP contribution in [-0.2, 0) is 4.79 Å². The van der Waals surface area contributed by atoms with Crippen LogP contribution in [0.25, 0.3) is 0 Å². The van der Waals surface area contributed by atoms with Gasteiger partial charge in [0.05, 0.1) is 0 Å². The summed E-state index contributed by atoms with van der Waals surface area (Å²) in [5, 5.41) is 8.70. The van der Waals surface area contributed by atoms with E-state index in [1.807, 2.05) is 0 Å². The van der Waals surface area contributed by atoms with Crippen LogP contribution in [0.4, 0.5) is 0 Å². The van der Waals surface area contributed by atoms with Crippen LogP contribution in [0.1, 0.15) is 57.8 Å². The SMILES string of the molecule is O=C(O)CCC1CCN(CCC2CCCCC2)C1. The summed E-state index contributed by atoms with van der Waals surface area (Å²) in [5.74, 6) is 0.958. The van der Waals surface area contributed by atoms with Crippen molar-refractivity contribution >= 4 is 5.97 Å². The number of carboxylic acids is 1. The summed E-state index contributed by atoms with van der Waals surface area (Å²) in [6.07, 6.45) is 11.0. The van der Waals surface area contributed by atoms with Crippen molar-refractivity contribution in [3.05, 3.63) is 0 Å². The Morgan fingerprint density at radius 2 is 1.83 bits per heavy atom. The third-order valence-corrected chi connectivity index (χ3v) is 4.71. The topological polar surface area (TPSA) is 40.5 Å². The number of carbonyl (C=O) groups is 1. The Bertz CT molecular complexity index is 261. The minimum Gasteiger partial charge on any atom is -0.481 e. The molecule has 0 aromatic heterocycles. The molecule has 1 heterocycles. The van der Waals surface area contributed by atoms with Gasteiger partial charge >= 0.3 is 5.97 Å². The molecular weight excluding hydrogens is 226 g/mol. The summed E-state index contributed by atoms with van der Waals surface area (Å²) in [6.45, 7) is 3.57. The highest BCUT2D eigenvalue weighted by atomic mass is 16.4. The fourth-order valence-corrected chi connectivity index (χ4v) is 3.52. The lowest BCUT2D eigenvalue weighted by atomic mass is 9.87. The van der Waals surface area contributed by atoms with E-state index in [9.17, 15) is 4.79 Å². The van der Waals surface area contributed by atoms with Crippen molar-refractivity contribution in [3.63, 3.8) is 0 Å². The Morgan fingerprint density at radius 3 is 2.56 bits per heavy atom. The molecule has 3 heteroatoms. The van der Waals surface area contributed by atoms with Gasteiger partial charge < -0.3 is 10.0 Å². The Labute approximate surface area is 111 Å². The molecule has 18 heavy (non-hydrogen) atoms. The predicted molar refractivity (Wildman–Crippen MR) is 72.6 cm³/mol. The normalized spacial score (nSPS) is 26.6. The second-order valence-corrected chi connectivity index (χ2v) is 6.18.